The van der Waals surface area contributed by atoms with Crippen LogP contribution in [0.15, 0.2) is 28.7 Å². The van der Waals surface area contributed by atoms with E-state index in [4.69, 9.17) is 0 Å². The van der Waals surface area contributed by atoms with Crippen LogP contribution in [0.5, 0.6) is 0 Å². The van der Waals surface area contributed by atoms with Crippen LogP contribution < -0.4 is 0 Å². The summed E-state index contributed by atoms with van der Waals surface area (Å²) >= 11 is 9.60. The topological polar surface area (TPSA) is 17.1 Å². The number of halogens is 3. The van der Waals surface area contributed by atoms with Gasteiger partial charge in [-0.1, -0.05) is 59.9 Å². The minimum Gasteiger partial charge on any atom is -0.292 e. The van der Waals surface area contributed by atoms with Gasteiger partial charge in [0.25, 0.3) is 0 Å². The van der Waals surface area contributed by atoms with Crippen LogP contribution in [0.2, 0.25) is 0 Å². The molecule has 0 atom stereocenters. The molecular weight excluding hydrogens is 352 g/mol. The lowest BCUT2D eigenvalue weighted by Gasteiger charge is -2.00. The second kappa shape index (κ2) is 4.53. The Kier molecular flexibility index (Phi) is 3.93. The molecule has 0 aliphatic carbocycles. The lowest BCUT2D eigenvalue weighted by molar-refractivity contribution is 0.101. The summed E-state index contributed by atoms with van der Waals surface area (Å²) < 4.78 is 0.605. The second-order valence-electron chi connectivity index (χ2n) is 2.18. The standard InChI is InChI=1S/C8H5Br3O/c9-6-3-1-2-5(4-6)7(12)8(10)11/h1-4,8H. The van der Waals surface area contributed by atoms with Gasteiger partial charge in [-0.05, 0) is 12.1 Å². The lowest BCUT2D eigenvalue weighted by Crippen LogP contribution is -2.06. The Bertz CT molecular complexity index is 296. The molecule has 0 aromatic heterocycles. The van der Waals surface area contributed by atoms with Crippen molar-refractivity contribution >= 4 is 53.6 Å². The third kappa shape index (κ3) is 2.68. The van der Waals surface area contributed by atoms with Crippen molar-refractivity contribution < 1.29 is 4.79 Å². The lowest BCUT2D eigenvalue weighted by atomic mass is 10.2. The summed E-state index contributed by atoms with van der Waals surface area (Å²) in [5.74, 6) is 0.0244. The van der Waals surface area contributed by atoms with Crippen LogP contribution in [-0.2, 0) is 0 Å². The van der Waals surface area contributed by atoms with Gasteiger partial charge in [0.2, 0.25) is 0 Å². The van der Waals surface area contributed by atoms with Crippen molar-refractivity contribution in [1.82, 2.24) is 0 Å². The molecule has 0 unspecified atom stereocenters. The molecule has 1 nitrogen and oxygen atoms in total. The van der Waals surface area contributed by atoms with Crippen LogP contribution in [0, 0.1) is 0 Å². The molecule has 4 heteroatoms. The van der Waals surface area contributed by atoms with E-state index in [0.29, 0.717) is 5.56 Å². The number of hydrogen-bond acceptors (Lipinski definition) is 1. The van der Waals surface area contributed by atoms with Crippen molar-refractivity contribution in [1.29, 1.82) is 0 Å². The smallest absolute Gasteiger partial charge is 0.187 e. The number of carbonyl (C=O) groups excluding carboxylic acids is 1. The predicted octanol–water partition coefficient (Wildman–Crippen LogP) is 3.75. The summed E-state index contributed by atoms with van der Waals surface area (Å²) in [5, 5.41) is 0. The van der Waals surface area contributed by atoms with Crippen LogP contribution in [0.1, 0.15) is 10.4 Å². The highest BCUT2D eigenvalue weighted by Crippen LogP contribution is 2.18. The van der Waals surface area contributed by atoms with Gasteiger partial charge in [0, 0.05) is 10.0 Å². The van der Waals surface area contributed by atoms with E-state index < -0.39 is 0 Å². The van der Waals surface area contributed by atoms with Gasteiger partial charge in [0.15, 0.2) is 5.78 Å². The van der Waals surface area contributed by atoms with E-state index in [9.17, 15) is 4.79 Å². The van der Waals surface area contributed by atoms with Crippen molar-refractivity contribution in [3.05, 3.63) is 34.3 Å². The Balaban J connectivity index is 2.96. The first-order valence-electron chi connectivity index (χ1n) is 3.19. The van der Waals surface area contributed by atoms with Gasteiger partial charge in [0.1, 0.15) is 3.74 Å². The molecule has 1 aromatic rings. The molecule has 0 amide bonds. The van der Waals surface area contributed by atoms with Gasteiger partial charge in [-0.15, -0.1) is 0 Å². The summed E-state index contributed by atoms with van der Waals surface area (Å²) in [7, 11) is 0. The van der Waals surface area contributed by atoms with Crippen LogP contribution >= 0.6 is 47.8 Å². The zero-order chi connectivity index (χ0) is 9.14. The van der Waals surface area contributed by atoms with Gasteiger partial charge in [-0.25, -0.2) is 0 Å². The van der Waals surface area contributed by atoms with Crippen molar-refractivity contribution in [3.8, 4) is 0 Å². The van der Waals surface area contributed by atoms with E-state index in [-0.39, 0.29) is 9.52 Å². The van der Waals surface area contributed by atoms with E-state index in [2.05, 4.69) is 47.8 Å². The Morgan fingerprint density at radius 1 is 1.33 bits per heavy atom. The molecule has 0 spiro atoms. The number of ketones is 1. The Hall–Kier alpha value is 0.330. The minimum absolute atomic E-state index is 0.0244. The monoisotopic (exact) mass is 354 g/mol. The summed E-state index contributed by atoms with van der Waals surface area (Å²) in [4.78, 5) is 11.4. The molecular formula is C8H5Br3O. The maximum Gasteiger partial charge on any atom is 0.187 e. The third-order valence-corrected chi connectivity index (χ3v) is 2.63. The number of Topliss-reactive ketones (excluding diaryl/α,β-unsaturated/α-hetero) is 1. The van der Waals surface area contributed by atoms with Gasteiger partial charge in [-0.2, -0.15) is 0 Å². The molecule has 0 bridgehead atoms. The molecule has 0 heterocycles. The first kappa shape index (κ1) is 10.4. The first-order chi connectivity index (χ1) is 5.61. The third-order valence-electron chi connectivity index (χ3n) is 1.31. The summed E-state index contributed by atoms with van der Waals surface area (Å²) in [6.07, 6.45) is 0. The zero-order valence-electron chi connectivity index (χ0n) is 5.93. The van der Waals surface area contributed by atoms with E-state index in [1.54, 1.807) is 12.1 Å². The highest BCUT2D eigenvalue weighted by Gasteiger charge is 2.12. The van der Waals surface area contributed by atoms with Crippen molar-refractivity contribution in [3.63, 3.8) is 0 Å². The Morgan fingerprint density at radius 2 is 2.00 bits per heavy atom. The van der Waals surface area contributed by atoms with Gasteiger partial charge in [0.05, 0.1) is 0 Å². The van der Waals surface area contributed by atoms with Crippen LogP contribution in [-0.4, -0.2) is 9.52 Å². The first-order valence-corrected chi connectivity index (χ1v) is 5.81. The number of benzene rings is 1. The quantitative estimate of drug-likeness (QED) is 0.582. The maximum atomic E-state index is 11.4. The molecule has 1 rings (SSSR count). The SMILES string of the molecule is O=C(c1cccc(Br)c1)C(Br)Br. The number of alkyl halides is 2. The Morgan fingerprint density at radius 3 is 2.50 bits per heavy atom. The fourth-order valence-electron chi connectivity index (χ4n) is 0.768. The van der Waals surface area contributed by atoms with Crippen LogP contribution in [0.25, 0.3) is 0 Å². The molecule has 0 radical (unpaired) electrons. The number of rotatable bonds is 2. The summed E-state index contributed by atoms with van der Waals surface area (Å²) in [6, 6.07) is 7.29. The average molecular weight is 357 g/mol. The van der Waals surface area contributed by atoms with Crippen molar-refractivity contribution in [2.24, 2.45) is 0 Å². The maximum absolute atomic E-state index is 11.4. The Labute approximate surface area is 95.9 Å². The summed E-state index contributed by atoms with van der Waals surface area (Å²) in [5.41, 5.74) is 0.683. The molecule has 0 saturated heterocycles. The largest absolute Gasteiger partial charge is 0.292 e. The van der Waals surface area contributed by atoms with E-state index >= 15 is 0 Å². The van der Waals surface area contributed by atoms with Crippen molar-refractivity contribution in [2.45, 2.75) is 3.74 Å². The predicted molar refractivity (Wildman–Crippen MR) is 60.1 cm³/mol. The molecule has 12 heavy (non-hydrogen) atoms. The molecule has 64 valence electrons. The van der Waals surface area contributed by atoms with Gasteiger partial charge >= 0.3 is 0 Å². The van der Waals surface area contributed by atoms with E-state index in [1.165, 1.54) is 0 Å². The van der Waals surface area contributed by atoms with Crippen molar-refractivity contribution in [2.75, 3.05) is 0 Å². The van der Waals surface area contributed by atoms with Gasteiger partial charge in [-0.3, -0.25) is 4.79 Å². The fraction of sp³-hybridized carbons (Fsp3) is 0.125. The molecule has 0 aliphatic rings. The van der Waals surface area contributed by atoms with E-state index in [0.717, 1.165) is 4.47 Å². The number of hydrogen-bond donors (Lipinski definition) is 0. The molecule has 0 fully saturated rings. The second-order valence-corrected chi connectivity index (χ2v) is 6.15. The van der Waals surface area contributed by atoms with Crippen LogP contribution in [0.3, 0.4) is 0 Å². The molecule has 0 N–H and O–H groups in total. The van der Waals surface area contributed by atoms with E-state index in [1.807, 2.05) is 12.1 Å². The van der Waals surface area contributed by atoms with Gasteiger partial charge < -0.3 is 0 Å². The average Bonchev–Trinajstić information content (AvgIpc) is 2.03. The fourth-order valence-corrected chi connectivity index (χ4v) is 1.70. The number of carbonyl (C=O) groups is 1. The highest BCUT2D eigenvalue weighted by molar-refractivity contribution is 9.25. The normalized spacial score (nSPS) is 10.3. The molecule has 0 aliphatic heterocycles. The molecule has 1 aromatic carbocycles. The zero-order valence-corrected chi connectivity index (χ0v) is 10.7. The summed E-state index contributed by atoms with van der Waals surface area (Å²) in [6.45, 7) is 0. The molecule has 0 saturated carbocycles. The minimum atomic E-state index is -0.306. The van der Waals surface area contributed by atoms with Crippen LogP contribution in [0.4, 0.5) is 0 Å². The highest BCUT2D eigenvalue weighted by atomic mass is 79.9.